The van der Waals surface area contributed by atoms with Crippen molar-refractivity contribution in [3.63, 3.8) is 0 Å². The number of rotatable bonds is 9. The summed E-state index contributed by atoms with van der Waals surface area (Å²) in [4.78, 5) is 16.7. The van der Waals surface area contributed by atoms with Crippen molar-refractivity contribution in [3.8, 4) is 16.9 Å². The van der Waals surface area contributed by atoms with Crippen LogP contribution in [0.2, 0.25) is 5.02 Å². The van der Waals surface area contributed by atoms with Gasteiger partial charge in [-0.1, -0.05) is 66.8 Å². The van der Waals surface area contributed by atoms with E-state index >= 15 is 0 Å². The van der Waals surface area contributed by atoms with Crippen molar-refractivity contribution in [2.45, 2.75) is 51.4 Å². The summed E-state index contributed by atoms with van der Waals surface area (Å²) in [5.74, 6) is 1.04. The third kappa shape index (κ3) is 6.61. The largest absolute Gasteiger partial charge is 0.665 e. The third-order valence-electron chi connectivity index (χ3n) is 7.93. The Morgan fingerprint density at radius 2 is 1.71 bits per heavy atom. The maximum absolute atomic E-state index is 14.3. The van der Waals surface area contributed by atoms with Crippen LogP contribution in [0.1, 0.15) is 53.4 Å². The highest BCUT2D eigenvalue weighted by atomic mass is 35.5. The van der Waals surface area contributed by atoms with E-state index in [1.54, 1.807) is 0 Å². The molecular weight excluding hydrogens is 581 g/mol. The van der Waals surface area contributed by atoms with Crippen LogP contribution in [0.15, 0.2) is 66.7 Å². The minimum atomic E-state index is -4.40. The van der Waals surface area contributed by atoms with Crippen LogP contribution in [0.5, 0.6) is 5.75 Å². The van der Waals surface area contributed by atoms with Crippen LogP contribution in [0.3, 0.4) is 0 Å². The van der Waals surface area contributed by atoms with Gasteiger partial charge in [0, 0.05) is 28.2 Å². The second kappa shape index (κ2) is 13.1. The van der Waals surface area contributed by atoms with Crippen LogP contribution < -0.4 is 4.74 Å². The Hall–Kier alpha value is -3.07. The number of amides is 1. The molecule has 1 aliphatic carbocycles. The summed E-state index contributed by atoms with van der Waals surface area (Å²) in [6.07, 6.45) is -0.721. The highest BCUT2D eigenvalue weighted by molar-refractivity contribution is 7.21. The molecular formula is C33H33ClF3N2O2S-. The molecule has 0 bridgehead atoms. The second-order valence-corrected chi connectivity index (χ2v) is 12.1. The molecule has 0 radical (unpaired) electrons. The van der Waals surface area contributed by atoms with Gasteiger partial charge in [-0.25, -0.2) is 0 Å². The molecule has 3 aromatic carbocycles. The first kappa shape index (κ1) is 30.4. The number of alkyl halides is 3. The number of carbonyl (C=O) groups excluding carboxylic acids is 1. The molecule has 4 nitrogen and oxygen atoms in total. The van der Waals surface area contributed by atoms with E-state index in [0.717, 1.165) is 65.6 Å². The second-order valence-electron chi connectivity index (χ2n) is 10.7. The fourth-order valence-electron chi connectivity index (χ4n) is 5.76. The summed E-state index contributed by atoms with van der Waals surface area (Å²) < 4.78 is 46.4. The predicted molar refractivity (Wildman–Crippen MR) is 165 cm³/mol. The zero-order chi connectivity index (χ0) is 29.9. The molecule has 1 aliphatic rings. The maximum Gasteiger partial charge on any atom is 0.416 e. The minimum Gasteiger partial charge on any atom is -0.665 e. The molecule has 42 heavy (non-hydrogen) atoms. The summed E-state index contributed by atoms with van der Waals surface area (Å²) in [5.41, 5.74) is 1.51. The zero-order valence-electron chi connectivity index (χ0n) is 23.6. The monoisotopic (exact) mass is 613 g/mol. The lowest BCUT2D eigenvalue weighted by Gasteiger charge is -2.38. The average molecular weight is 614 g/mol. The van der Waals surface area contributed by atoms with E-state index in [4.69, 9.17) is 16.3 Å². The van der Waals surface area contributed by atoms with E-state index < -0.39 is 11.7 Å². The molecule has 1 fully saturated rings. The van der Waals surface area contributed by atoms with E-state index in [1.807, 2.05) is 61.3 Å². The molecule has 1 aromatic heterocycles. The van der Waals surface area contributed by atoms with Gasteiger partial charge in [0.1, 0.15) is 10.6 Å². The predicted octanol–water partition coefficient (Wildman–Crippen LogP) is 9.84. The minimum absolute atomic E-state index is 0.0103. The lowest BCUT2D eigenvalue weighted by molar-refractivity contribution is -0.137. The van der Waals surface area contributed by atoms with Gasteiger partial charge in [0.2, 0.25) is 0 Å². The molecule has 1 heterocycles. The number of hydrogen-bond acceptors (Lipinski definition) is 3. The van der Waals surface area contributed by atoms with Gasteiger partial charge in [0.25, 0.3) is 5.91 Å². The third-order valence-corrected chi connectivity index (χ3v) is 9.60. The van der Waals surface area contributed by atoms with Gasteiger partial charge in [0.15, 0.2) is 0 Å². The van der Waals surface area contributed by atoms with Gasteiger partial charge in [-0.05, 0) is 61.2 Å². The molecule has 222 valence electrons. The van der Waals surface area contributed by atoms with E-state index in [0.29, 0.717) is 40.3 Å². The summed E-state index contributed by atoms with van der Waals surface area (Å²) in [5, 5.41) is 5.66. The summed E-state index contributed by atoms with van der Waals surface area (Å²) in [6, 6.07) is 18.5. The molecule has 9 heteroatoms. The highest BCUT2D eigenvalue weighted by Crippen LogP contribution is 2.39. The van der Waals surface area contributed by atoms with E-state index in [-0.39, 0.29) is 11.9 Å². The molecule has 1 amide bonds. The normalized spacial score (nSPS) is 17.4. The van der Waals surface area contributed by atoms with Gasteiger partial charge >= 0.3 is 6.18 Å². The van der Waals surface area contributed by atoms with Crippen LogP contribution in [0.4, 0.5) is 13.2 Å². The molecule has 1 saturated carbocycles. The number of thiophene rings is 1. The number of benzene rings is 3. The molecule has 5 rings (SSSR count). The smallest absolute Gasteiger partial charge is 0.416 e. The molecule has 4 aromatic rings. The Morgan fingerprint density at radius 1 is 1.02 bits per heavy atom. The Balaban J connectivity index is 1.51. The van der Waals surface area contributed by atoms with Crippen molar-refractivity contribution < 1.29 is 22.7 Å². The zero-order valence-corrected chi connectivity index (χ0v) is 25.2. The molecule has 0 saturated heterocycles. The standard InChI is InChI=1S/C33H33ClF3N2O2S/c1-3-41-28-17-12-23(22-10-13-25(14-11-22)33(35,36)37)18-24(28)20-39(26-15-8-21(9-16-26)19-38-2)32(40)31-30(34)27-6-4-5-7-29(27)42-31/h4-7,10-14,17-18,21,26H,3,8-9,15-16,19-20H2,1-2H3/q-1. The number of hydrogen-bond donors (Lipinski definition) is 0. The van der Waals surface area contributed by atoms with Gasteiger partial charge in [-0.3, -0.25) is 4.79 Å². The van der Waals surface area contributed by atoms with Crippen molar-refractivity contribution in [3.05, 3.63) is 93.1 Å². The number of halogens is 4. The van der Waals surface area contributed by atoms with Crippen molar-refractivity contribution >= 4 is 38.9 Å². The summed E-state index contributed by atoms with van der Waals surface area (Å²) in [7, 11) is 1.84. The van der Waals surface area contributed by atoms with Crippen LogP contribution >= 0.6 is 22.9 Å². The van der Waals surface area contributed by atoms with Crippen molar-refractivity contribution in [2.24, 2.45) is 5.92 Å². The van der Waals surface area contributed by atoms with Crippen LogP contribution in [0.25, 0.3) is 26.5 Å². The highest BCUT2D eigenvalue weighted by Gasteiger charge is 2.32. The summed E-state index contributed by atoms with van der Waals surface area (Å²) in [6.45, 7) is 3.45. The lowest BCUT2D eigenvalue weighted by atomic mass is 9.85. The van der Waals surface area contributed by atoms with Gasteiger partial charge in [0.05, 0.1) is 17.2 Å². The topological polar surface area (TPSA) is 43.6 Å². The number of fused-ring (bicyclic) bond motifs is 1. The number of ether oxygens (including phenoxy) is 1. The van der Waals surface area contributed by atoms with E-state index in [1.165, 1.54) is 23.5 Å². The Morgan fingerprint density at radius 3 is 2.36 bits per heavy atom. The fraction of sp³-hybridized carbons (Fsp3) is 0.364. The first-order valence-electron chi connectivity index (χ1n) is 14.2. The van der Waals surface area contributed by atoms with Crippen LogP contribution in [0, 0.1) is 5.92 Å². The van der Waals surface area contributed by atoms with Gasteiger partial charge in [-0.15, -0.1) is 17.9 Å². The Labute approximate surface area is 253 Å². The Kier molecular flexibility index (Phi) is 9.45. The first-order valence-corrected chi connectivity index (χ1v) is 15.4. The van der Waals surface area contributed by atoms with Crippen LogP contribution in [-0.2, 0) is 12.7 Å². The molecule has 0 N–H and O–H groups in total. The van der Waals surface area contributed by atoms with E-state index in [9.17, 15) is 18.0 Å². The number of nitrogens with zero attached hydrogens (tertiary/aromatic N) is 2. The molecule has 0 spiro atoms. The lowest BCUT2D eigenvalue weighted by Crippen LogP contribution is -2.42. The quantitative estimate of drug-likeness (QED) is 0.189. The molecule has 0 unspecified atom stereocenters. The van der Waals surface area contributed by atoms with Crippen molar-refractivity contribution in [1.82, 2.24) is 4.90 Å². The SMILES string of the molecule is CCOc1ccc(-c2ccc(C(F)(F)F)cc2)cc1CN(C(=O)c1sc2ccccc2c1Cl)C1CCC(C[N-]C)CC1. The maximum atomic E-state index is 14.3. The first-order chi connectivity index (χ1) is 20.2. The molecule has 0 aliphatic heterocycles. The van der Waals surface area contributed by atoms with Crippen molar-refractivity contribution in [1.29, 1.82) is 0 Å². The molecule has 0 atom stereocenters. The van der Waals surface area contributed by atoms with Crippen LogP contribution in [-0.4, -0.2) is 37.0 Å². The van der Waals surface area contributed by atoms with Crippen molar-refractivity contribution in [2.75, 3.05) is 20.2 Å². The van der Waals surface area contributed by atoms with E-state index in [2.05, 4.69) is 5.32 Å². The summed E-state index contributed by atoms with van der Waals surface area (Å²) >= 11 is 8.18. The average Bonchev–Trinajstić information content (AvgIpc) is 3.33. The fourth-order valence-corrected chi connectivity index (χ4v) is 7.23. The van der Waals surface area contributed by atoms with Gasteiger partial charge in [-0.2, -0.15) is 20.2 Å². The number of carbonyl (C=O) groups is 1. The van der Waals surface area contributed by atoms with Gasteiger partial charge < -0.3 is 15.0 Å². The Bertz CT molecular complexity index is 1530.